The number of furan rings is 1. The topological polar surface area (TPSA) is 67.5 Å². The van der Waals surface area contributed by atoms with Crippen LogP contribution in [0.4, 0.5) is 0 Å². The van der Waals surface area contributed by atoms with Gasteiger partial charge in [-0.3, -0.25) is 9.59 Å². The lowest BCUT2D eigenvalue weighted by molar-refractivity contribution is -0.133. The molecule has 0 saturated heterocycles. The molecule has 1 aliphatic carbocycles. The van der Waals surface area contributed by atoms with Gasteiger partial charge in [0.2, 0.25) is 5.91 Å². The van der Waals surface area contributed by atoms with Crippen LogP contribution in [0.2, 0.25) is 0 Å². The Bertz CT molecular complexity index is 1110. The van der Waals surface area contributed by atoms with Crippen LogP contribution in [0.3, 0.4) is 0 Å². The fourth-order valence-corrected chi connectivity index (χ4v) is 5.27. The van der Waals surface area contributed by atoms with Crippen molar-refractivity contribution in [3.8, 4) is 0 Å². The maximum atomic E-state index is 13.7. The number of hydrogen-bond acceptors (Lipinski definition) is 3. The van der Waals surface area contributed by atoms with Gasteiger partial charge in [0.25, 0.3) is 5.91 Å². The highest BCUT2D eigenvalue weighted by atomic mass is 16.3. The summed E-state index contributed by atoms with van der Waals surface area (Å²) in [5, 5.41) is 3.31. The Labute approximate surface area is 188 Å². The molecule has 0 spiro atoms. The van der Waals surface area contributed by atoms with Gasteiger partial charge in [-0.1, -0.05) is 56.0 Å². The molecule has 2 aliphatic rings. The summed E-state index contributed by atoms with van der Waals surface area (Å²) in [4.78, 5) is 29.2. The van der Waals surface area contributed by atoms with E-state index in [-0.39, 0.29) is 17.9 Å². The summed E-state index contributed by atoms with van der Waals surface area (Å²) in [6, 6.07) is 14.0. The third kappa shape index (κ3) is 3.72. The monoisotopic (exact) mass is 433 g/mol. The summed E-state index contributed by atoms with van der Waals surface area (Å²) in [5.74, 6) is -0.168. The van der Waals surface area contributed by atoms with Crippen molar-refractivity contribution in [1.82, 2.24) is 14.8 Å². The van der Waals surface area contributed by atoms with E-state index in [1.165, 1.54) is 12.8 Å². The van der Waals surface area contributed by atoms with Crippen molar-refractivity contribution in [3.63, 3.8) is 0 Å². The standard InChI is InChI=1S/C26H31N3O3/c1-26(25(31)27-20-11-7-2-3-8-12-20)18-28-21-14-16-32-23(21)17-22(28)24(30)29(26)15-13-19-9-5-4-6-10-19/h4-6,9-10,14,16-17,20H,2-3,7-8,11-13,15,18H2,1H3,(H,27,31). The molecule has 6 nitrogen and oxygen atoms in total. The van der Waals surface area contributed by atoms with Crippen molar-refractivity contribution in [2.24, 2.45) is 0 Å². The molecule has 0 radical (unpaired) electrons. The molecule has 1 N–H and O–H groups in total. The molecule has 1 saturated carbocycles. The van der Waals surface area contributed by atoms with Crippen LogP contribution in [-0.2, 0) is 17.8 Å². The maximum Gasteiger partial charge on any atom is 0.271 e. The van der Waals surface area contributed by atoms with Gasteiger partial charge in [-0.15, -0.1) is 0 Å². The molecular formula is C26H31N3O3. The highest BCUT2D eigenvalue weighted by Gasteiger charge is 2.48. The van der Waals surface area contributed by atoms with Crippen molar-refractivity contribution in [3.05, 3.63) is 60.0 Å². The Hall–Kier alpha value is -3.02. The SMILES string of the molecule is CC1(C(=O)NC2CCCCCC2)Cn2c(cc3occc32)C(=O)N1CCc1ccccc1. The zero-order valence-electron chi connectivity index (χ0n) is 18.7. The van der Waals surface area contributed by atoms with Gasteiger partial charge in [0.05, 0.1) is 18.3 Å². The molecule has 2 aromatic heterocycles. The summed E-state index contributed by atoms with van der Waals surface area (Å²) in [7, 11) is 0. The van der Waals surface area contributed by atoms with E-state index in [9.17, 15) is 9.59 Å². The average molecular weight is 434 g/mol. The molecule has 1 fully saturated rings. The summed E-state index contributed by atoms with van der Waals surface area (Å²) in [5.41, 5.74) is 2.33. The van der Waals surface area contributed by atoms with Crippen LogP contribution in [0, 0.1) is 0 Å². The van der Waals surface area contributed by atoms with E-state index in [2.05, 4.69) is 17.4 Å². The highest BCUT2D eigenvalue weighted by molar-refractivity contribution is 6.02. The number of rotatable bonds is 5. The lowest BCUT2D eigenvalue weighted by atomic mass is 9.93. The van der Waals surface area contributed by atoms with Gasteiger partial charge in [0.15, 0.2) is 5.58 Å². The zero-order chi connectivity index (χ0) is 22.1. The van der Waals surface area contributed by atoms with Crippen molar-refractivity contribution >= 4 is 22.9 Å². The minimum Gasteiger partial charge on any atom is -0.463 e. The number of benzene rings is 1. The van der Waals surface area contributed by atoms with E-state index in [1.54, 1.807) is 17.2 Å². The van der Waals surface area contributed by atoms with Crippen molar-refractivity contribution in [2.45, 2.75) is 70.0 Å². The van der Waals surface area contributed by atoms with Crippen LogP contribution >= 0.6 is 0 Å². The first-order valence-electron chi connectivity index (χ1n) is 11.8. The van der Waals surface area contributed by atoms with Crippen molar-refractivity contribution in [1.29, 1.82) is 0 Å². The lowest BCUT2D eigenvalue weighted by Crippen LogP contribution is -2.65. The van der Waals surface area contributed by atoms with Gasteiger partial charge in [-0.05, 0) is 31.7 Å². The number of hydrogen-bond donors (Lipinski definition) is 1. The predicted octanol–water partition coefficient (Wildman–Crippen LogP) is 4.53. The molecule has 5 rings (SSSR count). The molecule has 1 atom stereocenters. The first-order chi connectivity index (χ1) is 15.6. The summed E-state index contributed by atoms with van der Waals surface area (Å²) < 4.78 is 7.51. The minimum atomic E-state index is -0.964. The smallest absolute Gasteiger partial charge is 0.271 e. The van der Waals surface area contributed by atoms with Gasteiger partial charge in [-0.2, -0.15) is 0 Å². The Morgan fingerprint density at radius 1 is 1.12 bits per heavy atom. The first-order valence-corrected chi connectivity index (χ1v) is 11.8. The Morgan fingerprint density at radius 2 is 1.88 bits per heavy atom. The average Bonchev–Trinajstić information content (AvgIpc) is 3.29. The second kappa shape index (κ2) is 8.49. The second-order valence-electron chi connectivity index (χ2n) is 9.41. The number of nitrogens with one attached hydrogen (secondary N) is 1. The number of nitrogens with zero attached hydrogens (tertiary/aromatic N) is 2. The molecule has 2 amide bonds. The number of fused-ring (bicyclic) bond motifs is 3. The van der Waals surface area contributed by atoms with E-state index in [4.69, 9.17) is 4.42 Å². The van der Waals surface area contributed by atoms with Crippen LogP contribution in [-0.4, -0.2) is 39.4 Å². The third-order valence-corrected chi connectivity index (χ3v) is 7.20. The Kier molecular flexibility index (Phi) is 5.53. The maximum absolute atomic E-state index is 13.7. The quantitative estimate of drug-likeness (QED) is 0.601. The second-order valence-corrected chi connectivity index (χ2v) is 9.41. The molecule has 168 valence electrons. The summed E-state index contributed by atoms with van der Waals surface area (Å²) in [6.07, 6.45) is 9.13. The Morgan fingerprint density at radius 3 is 2.62 bits per heavy atom. The third-order valence-electron chi connectivity index (χ3n) is 7.20. The number of aromatic nitrogens is 1. The predicted molar refractivity (Wildman–Crippen MR) is 123 cm³/mol. The van der Waals surface area contributed by atoms with Gasteiger partial charge < -0.3 is 19.2 Å². The lowest BCUT2D eigenvalue weighted by Gasteiger charge is -2.44. The van der Waals surface area contributed by atoms with Crippen LogP contribution in [0.5, 0.6) is 0 Å². The van der Waals surface area contributed by atoms with Crippen LogP contribution < -0.4 is 5.32 Å². The van der Waals surface area contributed by atoms with E-state index in [0.717, 1.165) is 36.8 Å². The van der Waals surface area contributed by atoms with Crippen molar-refractivity contribution in [2.75, 3.05) is 6.54 Å². The van der Waals surface area contributed by atoms with Crippen LogP contribution in [0.25, 0.3) is 11.1 Å². The molecule has 0 bridgehead atoms. The van der Waals surface area contributed by atoms with E-state index >= 15 is 0 Å². The fourth-order valence-electron chi connectivity index (χ4n) is 5.27. The molecule has 1 aromatic carbocycles. The zero-order valence-corrected chi connectivity index (χ0v) is 18.7. The molecule has 3 aromatic rings. The fraction of sp³-hybridized carbons (Fsp3) is 0.462. The molecule has 6 heteroatoms. The number of carbonyl (C=O) groups is 2. The van der Waals surface area contributed by atoms with Crippen LogP contribution in [0.15, 0.2) is 53.1 Å². The van der Waals surface area contributed by atoms with E-state index < -0.39 is 5.54 Å². The van der Waals surface area contributed by atoms with Crippen molar-refractivity contribution < 1.29 is 14.0 Å². The van der Waals surface area contributed by atoms with E-state index in [0.29, 0.717) is 30.8 Å². The molecular weight excluding hydrogens is 402 g/mol. The Balaban J connectivity index is 1.46. The highest BCUT2D eigenvalue weighted by Crippen LogP contribution is 2.33. The summed E-state index contributed by atoms with van der Waals surface area (Å²) >= 11 is 0. The molecule has 32 heavy (non-hydrogen) atoms. The van der Waals surface area contributed by atoms with E-state index in [1.807, 2.05) is 35.8 Å². The molecule has 1 unspecified atom stereocenters. The normalized spacial score (nSPS) is 22.0. The van der Waals surface area contributed by atoms with Gasteiger partial charge >= 0.3 is 0 Å². The summed E-state index contributed by atoms with van der Waals surface area (Å²) in [6.45, 7) is 2.82. The molecule has 1 aliphatic heterocycles. The number of carbonyl (C=O) groups excluding carboxylic acids is 2. The van der Waals surface area contributed by atoms with Crippen LogP contribution in [0.1, 0.15) is 61.5 Å². The van der Waals surface area contributed by atoms with Gasteiger partial charge in [0.1, 0.15) is 11.2 Å². The number of amides is 2. The first kappa shape index (κ1) is 20.9. The largest absolute Gasteiger partial charge is 0.463 e. The van der Waals surface area contributed by atoms with Gasteiger partial charge in [0, 0.05) is 24.7 Å². The van der Waals surface area contributed by atoms with Gasteiger partial charge in [-0.25, -0.2) is 0 Å². The minimum absolute atomic E-state index is 0.0539. The molecule has 3 heterocycles.